The van der Waals surface area contributed by atoms with Crippen molar-refractivity contribution in [2.75, 3.05) is 0 Å². The predicted molar refractivity (Wildman–Crippen MR) is 138 cm³/mol. The fraction of sp³-hybridized carbons (Fsp3) is 0.167. The van der Waals surface area contributed by atoms with Crippen LogP contribution < -0.4 is 10.1 Å². The van der Waals surface area contributed by atoms with Gasteiger partial charge in [-0.2, -0.15) is 5.26 Å². The number of amides is 1. The van der Waals surface area contributed by atoms with Crippen LogP contribution in [0.25, 0.3) is 10.8 Å². The number of nitriles is 1. The summed E-state index contributed by atoms with van der Waals surface area (Å²) in [5, 5.41) is 23.3. The Kier molecular flexibility index (Phi) is 7.62. The Balaban J connectivity index is 1.60. The molecule has 0 fully saturated rings. The zero-order chi connectivity index (χ0) is 25.5. The van der Waals surface area contributed by atoms with E-state index in [2.05, 4.69) is 11.4 Å². The maximum absolute atomic E-state index is 13.5. The van der Waals surface area contributed by atoms with Gasteiger partial charge in [-0.25, -0.2) is 0 Å². The van der Waals surface area contributed by atoms with E-state index in [0.29, 0.717) is 35.5 Å². The third-order valence-electron chi connectivity index (χ3n) is 6.02. The SMILES string of the molecule is C[C@@H](NC(=O)c1cc(Oc2ccc(C#N)cc2)ccc1CCCC(=O)O)c1cccc2ccccc12. The lowest BCUT2D eigenvalue weighted by Crippen LogP contribution is -2.27. The lowest BCUT2D eigenvalue weighted by Gasteiger charge is -2.19. The van der Waals surface area contributed by atoms with Gasteiger partial charge in [-0.05, 0) is 78.1 Å². The number of nitrogens with one attached hydrogen (secondary N) is 1. The van der Waals surface area contributed by atoms with Crippen LogP contribution in [0.15, 0.2) is 84.9 Å². The Morgan fingerprint density at radius 3 is 2.44 bits per heavy atom. The normalized spacial score (nSPS) is 11.4. The summed E-state index contributed by atoms with van der Waals surface area (Å²) in [5.74, 6) is -0.106. The number of aliphatic carboxylic acids is 1. The Bertz CT molecular complexity index is 1430. The molecule has 0 saturated heterocycles. The smallest absolute Gasteiger partial charge is 0.303 e. The highest BCUT2D eigenvalue weighted by atomic mass is 16.5. The molecule has 0 unspecified atom stereocenters. The largest absolute Gasteiger partial charge is 0.481 e. The second-order valence-electron chi connectivity index (χ2n) is 8.57. The van der Waals surface area contributed by atoms with E-state index in [1.54, 1.807) is 42.5 Å². The minimum atomic E-state index is -0.869. The van der Waals surface area contributed by atoms with Crippen LogP contribution in [-0.4, -0.2) is 17.0 Å². The van der Waals surface area contributed by atoms with Crippen LogP contribution >= 0.6 is 0 Å². The second kappa shape index (κ2) is 11.2. The highest BCUT2D eigenvalue weighted by molar-refractivity contribution is 5.97. The first-order chi connectivity index (χ1) is 17.4. The molecular formula is C30H26N2O4. The first-order valence-corrected chi connectivity index (χ1v) is 11.8. The fourth-order valence-electron chi connectivity index (χ4n) is 4.19. The van der Waals surface area contributed by atoms with Gasteiger partial charge in [-0.3, -0.25) is 9.59 Å². The molecule has 0 aromatic heterocycles. The van der Waals surface area contributed by atoms with E-state index in [0.717, 1.165) is 21.9 Å². The predicted octanol–water partition coefficient (Wildman–Crippen LogP) is 6.40. The highest BCUT2D eigenvalue weighted by Gasteiger charge is 2.18. The van der Waals surface area contributed by atoms with Crippen LogP contribution in [0, 0.1) is 11.3 Å². The van der Waals surface area contributed by atoms with Crippen molar-refractivity contribution in [1.29, 1.82) is 5.26 Å². The van der Waals surface area contributed by atoms with E-state index in [1.807, 2.05) is 49.4 Å². The van der Waals surface area contributed by atoms with Gasteiger partial charge in [0.2, 0.25) is 0 Å². The molecule has 6 heteroatoms. The second-order valence-corrected chi connectivity index (χ2v) is 8.57. The monoisotopic (exact) mass is 478 g/mol. The lowest BCUT2D eigenvalue weighted by molar-refractivity contribution is -0.137. The summed E-state index contributed by atoms with van der Waals surface area (Å²) >= 11 is 0. The number of carboxylic acid groups (broad SMARTS) is 1. The number of nitrogens with zero attached hydrogens (tertiary/aromatic N) is 1. The molecule has 1 atom stereocenters. The summed E-state index contributed by atoms with van der Waals surface area (Å²) in [4.78, 5) is 24.5. The molecule has 0 radical (unpaired) electrons. The van der Waals surface area contributed by atoms with Crippen molar-refractivity contribution in [2.24, 2.45) is 0 Å². The summed E-state index contributed by atoms with van der Waals surface area (Å²) in [7, 11) is 0. The number of aryl methyl sites for hydroxylation is 1. The van der Waals surface area contributed by atoms with Crippen molar-refractivity contribution < 1.29 is 19.4 Å². The van der Waals surface area contributed by atoms with Crippen LogP contribution in [0.4, 0.5) is 0 Å². The molecule has 0 spiro atoms. The van der Waals surface area contributed by atoms with Gasteiger partial charge in [0.25, 0.3) is 5.91 Å². The molecule has 1 amide bonds. The number of carboxylic acids is 1. The van der Waals surface area contributed by atoms with E-state index in [-0.39, 0.29) is 18.4 Å². The Morgan fingerprint density at radius 2 is 1.69 bits per heavy atom. The average molecular weight is 479 g/mol. The van der Waals surface area contributed by atoms with Gasteiger partial charge >= 0.3 is 5.97 Å². The van der Waals surface area contributed by atoms with Crippen molar-refractivity contribution in [3.05, 3.63) is 107 Å². The maximum atomic E-state index is 13.5. The first kappa shape index (κ1) is 24.5. The molecule has 36 heavy (non-hydrogen) atoms. The van der Waals surface area contributed by atoms with Crippen LogP contribution in [0.2, 0.25) is 0 Å². The fourth-order valence-corrected chi connectivity index (χ4v) is 4.19. The summed E-state index contributed by atoms with van der Waals surface area (Å²) in [5.41, 5.74) is 2.74. The van der Waals surface area contributed by atoms with Gasteiger partial charge in [0.1, 0.15) is 11.5 Å². The number of carbonyl (C=O) groups excluding carboxylic acids is 1. The molecule has 4 aromatic rings. The summed E-state index contributed by atoms with van der Waals surface area (Å²) in [6, 6.07) is 27.8. The van der Waals surface area contributed by atoms with Gasteiger partial charge in [-0.15, -0.1) is 0 Å². The zero-order valence-electron chi connectivity index (χ0n) is 19.9. The third-order valence-corrected chi connectivity index (χ3v) is 6.02. The van der Waals surface area contributed by atoms with E-state index in [1.165, 1.54) is 0 Å². The standard InChI is InChI=1S/C30H26N2O4/c1-20(26-10-4-7-22-6-2-3-9-27(22)26)32-30(35)28-18-25(17-14-23(28)8-5-11-29(33)34)36-24-15-12-21(19-31)13-16-24/h2-4,6-7,9-10,12-18,20H,5,8,11H2,1H3,(H,32,35)(H,33,34)/t20-/m1/s1. The van der Waals surface area contributed by atoms with E-state index < -0.39 is 5.97 Å². The van der Waals surface area contributed by atoms with Gasteiger partial charge in [0, 0.05) is 12.0 Å². The van der Waals surface area contributed by atoms with Gasteiger partial charge in [0.05, 0.1) is 17.7 Å². The van der Waals surface area contributed by atoms with E-state index in [4.69, 9.17) is 15.1 Å². The molecule has 0 saturated carbocycles. The topological polar surface area (TPSA) is 99.4 Å². The minimum absolute atomic E-state index is 0.0248. The van der Waals surface area contributed by atoms with Crippen LogP contribution in [0.5, 0.6) is 11.5 Å². The molecule has 2 N–H and O–H groups in total. The zero-order valence-corrected chi connectivity index (χ0v) is 19.9. The Hall–Kier alpha value is -4.63. The Labute approximate surface area is 209 Å². The number of hydrogen-bond acceptors (Lipinski definition) is 4. The minimum Gasteiger partial charge on any atom is -0.481 e. The van der Waals surface area contributed by atoms with Crippen molar-refractivity contribution in [1.82, 2.24) is 5.32 Å². The molecule has 4 aromatic carbocycles. The summed E-state index contributed by atoms with van der Waals surface area (Å²) < 4.78 is 5.93. The number of fused-ring (bicyclic) bond motifs is 1. The molecular weight excluding hydrogens is 452 g/mol. The number of rotatable bonds is 9. The van der Waals surface area contributed by atoms with Crippen molar-refractivity contribution >= 4 is 22.6 Å². The number of ether oxygens (including phenoxy) is 1. The molecule has 6 nitrogen and oxygen atoms in total. The number of carbonyl (C=O) groups is 2. The van der Waals surface area contributed by atoms with Gasteiger partial charge in [-0.1, -0.05) is 48.5 Å². The van der Waals surface area contributed by atoms with Crippen LogP contribution in [0.1, 0.15) is 52.9 Å². The highest BCUT2D eigenvalue weighted by Crippen LogP contribution is 2.28. The van der Waals surface area contributed by atoms with Crippen molar-refractivity contribution in [3.63, 3.8) is 0 Å². The number of benzene rings is 4. The molecule has 180 valence electrons. The van der Waals surface area contributed by atoms with Crippen molar-refractivity contribution in [3.8, 4) is 17.6 Å². The summed E-state index contributed by atoms with van der Waals surface area (Å²) in [6.45, 7) is 1.95. The first-order valence-electron chi connectivity index (χ1n) is 11.8. The van der Waals surface area contributed by atoms with E-state index >= 15 is 0 Å². The Morgan fingerprint density at radius 1 is 0.972 bits per heavy atom. The van der Waals surface area contributed by atoms with Gasteiger partial charge in [0.15, 0.2) is 0 Å². The molecule has 0 bridgehead atoms. The molecule has 4 rings (SSSR count). The lowest BCUT2D eigenvalue weighted by atomic mass is 9.98. The molecule has 0 aliphatic heterocycles. The quantitative estimate of drug-likeness (QED) is 0.290. The van der Waals surface area contributed by atoms with E-state index in [9.17, 15) is 9.59 Å². The number of hydrogen-bond donors (Lipinski definition) is 2. The third kappa shape index (κ3) is 5.89. The van der Waals surface area contributed by atoms with Gasteiger partial charge < -0.3 is 15.2 Å². The maximum Gasteiger partial charge on any atom is 0.303 e. The average Bonchev–Trinajstić information content (AvgIpc) is 2.89. The molecule has 0 heterocycles. The summed E-state index contributed by atoms with van der Waals surface area (Å²) in [6.07, 6.45) is 0.899. The van der Waals surface area contributed by atoms with Crippen molar-refractivity contribution in [2.45, 2.75) is 32.2 Å². The van der Waals surface area contributed by atoms with Crippen LogP contribution in [-0.2, 0) is 11.2 Å². The molecule has 0 aliphatic carbocycles. The van der Waals surface area contributed by atoms with Crippen LogP contribution in [0.3, 0.4) is 0 Å². The molecule has 0 aliphatic rings.